The lowest BCUT2D eigenvalue weighted by molar-refractivity contribution is 0.312. The average molecular weight is 177 g/mol. The van der Waals surface area contributed by atoms with Crippen molar-refractivity contribution in [2.45, 2.75) is 19.3 Å². The largest absolute Gasteiger partial charge is 0.270 e. The second kappa shape index (κ2) is 5.10. The van der Waals surface area contributed by atoms with Crippen LogP contribution >= 0.6 is 0 Å². The molecule has 0 amide bonds. The van der Waals surface area contributed by atoms with Crippen LogP contribution in [-0.2, 0) is 14.3 Å². The molecule has 0 bridgehead atoms. The average Bonchev–Trinajstić information content (AvgIpc) is 1.85. The highest BCUT2D eigenvalue weighted by molar-refractivity contribution is 7.85. The van der Waals surface area contributed by atoms with Crippen LogP contribution in [-0.4, -0.2) is 21.3 Å². The summed E-state index contributed by atoms with van der Waals surface area (Å²) in [6, 6.07) is 1.96. The van der Waals surface area contributed by atoms with E-state index < -0.39 is 10.1 Å². The van der Waals surface area contributed by atoms with Crippen molar-refractivity contribution < 1.29 is 12.6 Å². The monoisotopic (exact) mass is 177 g/mol. The van der Waals surface area contributed by atoms with E-state index in [9.17, 15) is 8.42 Å². The third-order valence-electron chi connectivity index (χ3n) is 0.980. The molecule has 0 unspecified atom stereocenters. The van der Waals surface area contributed by atoms with Gasteiger partial charge in [-0.2, -0.15) is 13.7 Å². The Labute approximate surface area is 66.9 Å². The van der Waals surface area contributed by atoms with Crippen molar-refractivity contribution in [3.05, 3.63) is 0 Å². The molecule has 0 aromatic carbocycles. The summed E-state index contributed by atoms with van der Waals surface area (Å²) >= 11 is 0. The van der Waals surface area contributed by atoms with Gasteiger partial charge in [-0.3, -0.25) is 4.18 Å². The molecule has 64 valence electrons. The molecule has 0 aliphatic heterocycles. The van der Waals surface area contributed by atoms with Gasteiger partial charge in [0.1, 0.15) is 0 Å². The summed E-state index contributed by atoms with van der Waals surface area (Å²) in [6.07, 6.45) is 2.76. The molecule has 0 aromatic heterocycles. The van der Waals surface area contributed by atoms with E-state index in [1.165, 1.54) is 0 Å². The number of nitrogens with zero attached hydrogens (tertiary/aromatic N) is 1. The highest BCUT2D eigenvalue weighted by Gasteiger charge is 1.99. The van der Waals surface area contributed by atoms with Gasteiger partial charge >= 0.3 is 0 Å². The molecule has 0 heterocycles. The highest BCUT2D eigenvalue weighted by atomic mass is 32.2. The second-order valence-corrected chi connectivity index (χ2v) is 3.79. The summed E-state index contributed by atoms with van der Waals surface area (Å²) in [5, 5.41) is 8.12. The number of hydrogen-bond donors (Lipinski definition) is 0. The Balaban J connectivity index is 3.24. The Hall–Kier alpha value is -0.600. The first-order valence-corrected chi connectivity index (χ1v) is 5.09. The van der Waals surface area contributed by atoms with Gasteiger partial charge < -0.3 is 0 Å². The van der Waals surface area contributed by atoms with Crippen LogP contribution in [0.3, 0.4) is 0 Å². The van der Waals surface area contributed by atoms with Crippen LogP contribution in [0.1, 0.15) is 19.3 Å². The fourth-order valence-corrected chi connectivity index (χ4v) is 0.937. The standard InChI is InChI=1S/C6H11NO3S/c1-11(8,9)10-6-4-2-3-5-7/h2-4,6H2,1H3. The summed E-state index contributed by atoms with van der Waals surface area (Å²) < 4.78 is 25.2. The maximum atomic E-state index is 10.4. The van der Waals surface area contributed by atoms with Gasteiger partial charge in [0.05, 0.1) is 18.9 Å². The maximum Gasteiger partial charge on any atom is 0.264 e. The lowest BCUT2D eigenvalue weighted by atomic mass is 10.3. The van der Waals surface area contributed by atoms with Gasteiger partial charge in [0, 0.05) is 6.42 Å². The molecule has 0 aliphatic carbocycles. The molecule has 5 heteroatoms. The van der Waals surface area contributed by atoms with Crippen LogP contribution in [0.5, 0.6) is 0 Å². The van der Waals surface area contributed by atoms with Crippen molar-refractivity contribution in [1.29, 1.82) is 5.26 Å². The Kier molecular flexibility index (Phi) is 4.83. The van der Waals surface area contributed by atoms with E-state index in [0.29, 0.717) is 19.3 Å². The molecule has 0 aromatic rings. The Bertz CT molecular complexity index is 227. The minimum atomic E-state index is -3.29. The maximum absolute atomic E-state index is 10.4. The number of nitriles is 1. The molecule has 0 fully saturated rings. The molecule has 0 saturated carbocycles. The van der Waals surface area contributed by atoms with Gasteiger partial charge in [0.2, 0.25) is 0 Å². The molecule has 0 saturated heterocycles. The molecule has 0 atom stereocenters. The predicted molar refractivity (Wildman–Crippen MR) is 40.3 cm³/mol. The predicted octanol–water partition coefficient (Wildman–Crippen LogP) is 0.656. The van der Waals surface area contributed by atoms with Crippen molar-refractivity contribution in [2.24, 2.45) is 0 Å². The number of hydrogen-bond acceptors (Lipinski definition) is 4. The zero-order valence-corrected chi connectivity index (χ0v) is 7.23. The Morgan fingerprint density at radius 3 is 2.55 bits per heavy atom. The summed E-state index contributed by atoms with van der Waals surface area (Å²) in [4.78, 5) is 0. The summed E-state index contributed by atoms with van der Waals surface area (Å²) in [7, 11) is -3.29. The van der Waals surface area contributed by atoms with E-state index in [4.69, 9.17) is 5.26 Å². The van der Waals surface area contributed by atoms with E-state index in [-0.39, 0.29) is 6.61 Å². The lowest BCUT2D eigenvalue weighted by Crippen LogP contribution is -2.03. The molecule has 0 aliphatic rings. The van der Waals surface area contributed by atoms with Crippen molar-refractivity contribution >= 4 is 10.1 Å². The van der Waals surface area contributed by atoms with Crippen LogP contribution in [0.2, 0.25) is 0 Å². The van der Waals surface area contributed by atoms with Gasteiger partial charge in [0.15, 0.2) is 0 Å². The first-order chi connectivity index (χ1) is 5.06. The van der Waals surface area contributed by atoms with Crippen molar-refractivity contribution in [1.82, 2.24) is 0 Å². The second-order valence-electron chi connectivity index (χ2n) is 2.14. The lowest BCUT2D eigenvalue weighted by Gasteiger charge is -1.97. The first-order valence-electron chi connectivity index (χ1n) is 3.27. The zero-order valence-electron chi connectivity index (χ0n) is 6.41. The SMILES string of the molecule is CS(=O)(=O)OCCCCC#N. The van der Waals surface area contributed by atoms with Crippen LogP contribution in [0.4, 0.5) is 0 Å². The topological polar surface area (TPSA) is 67.2 Å². The van der Waals surface area contributed by atoms with E-state index in [1.807, 2.05) is 6.07 Å². The third kappa shape index (κ3) is 9.40. The van der Waals surface area contributed by atoms with Gasteiger partial charge in [-0.1, -0.05) is 0 Å². The van der Waals surface area contributed by atoms with Crippen molar-refractivity contribution in [2.75, 3.05) is 12.9 Å². The third-order valence-corrected chi connectivity index (χ3v) is 1.58. The molecule has 0 spiro atoms. The normalized spacial score (nSPS) is 10.9. The number of unbranched alkanes of at least 4 members (excludes halogenated alkanes) is 2. The fourth-order valence-electron chi connectivity index (χ4n) is 0.516. The van der Waals surface area contributed by atoms with Gasteiger partial charge in [0.25, 0.3) is 10.1 Å². The quantitative estimate of drug-likeness (QED) is 0.457. The van der Waals surface area contributed by atoms with Crippen LogP contribution in [0, 0.1) is 11.3 Å². The number of rotatable bonds is 5. The molecule has 11 heavy (non-hydrogen) atoms. The smallest absolute Gasteiger partial charge is 0.264 e. The van der Waals surface area contributed by atoms with E-state index >= 15 is 0 Å². The molecule has 4 nitrogen and oxygen atoms in total. The van der Waals surface area contributed by atoms with E-state index in [1.54, 1.807) is 0 Å². The van der Waals surface area contributed by atoms with Gasteiger partial charge in [-0.05, 0) is 12.8 Å². The minimum absolute atomic E-state index is 0.181. The molecule has 0 radical (unpaired) electrons. The molecule has 0 rings (SSSR count). The molecular weight excluding hydrogens is 166 g/mol. The van der Waals surface area contributed by atoms with Crippen LogP contribution in [0.25, 0.3) is 0 Å². The summed E-state index contributed by atoms with van der Waals surface area (Å²) in [5.41, 5.74) is 0. The molecular formula is C6H11NO3S. The first kappa shape index (κ1) is 10.4. The van der Waals surface area contributed by atoms with Gasteiger partial charge in [-0.25, -0.2) is 0 Å². The van der Waals surface area contributed by atoms with Crippen molar-refractivity contribution in [3.8, 4) is 6.07 Å². The Morgan fingerprint density at radius 1 is 1.45 bits per heavy atom. The fraction of sp³-hybridized carbons (Fsp3) is 0.833. The van der Waals surface area contributed by atoms with Crippen LogP contribution in [0.15, 0.2) is 0 Å². The molecule has 0 N–H and O–H groups in total. The zero-order chi connectivity index (χ0) is 8.74. The van der Waals surface area contributed by atoms with Crippen molar-refractivity contribution in [3.63, 3.8) is 0 Å². The van der Waals surface area contributed by atoms with Crippen LogP contribution < -0.4 is 0 Å². The minimum Gasteiger partial charge on any atom is -0.270 e. The summed E-state index contributed by atoms with van der Waals surface area (Å²) in [5.74, 6) is 0. The summed E-state index contributed by atoms with van der Waals surface area (Å²) in [6.45, 7) is 0.181. The van der Waals surface area contributed by atoms with E-state index in [2.05, 4.69) is 4.18 Å². The highest BCUT2D eigenvalue weighted by Crippen LogP contribution is 1.96. The van der Waals surface area contributed by atoms with E-state index in [0.717, 1.165) is 6.26 Å². The van der Waals surface area contributed by atoms with Gasteiger partial charge in [-0.15, -0.1) is 0 Å². The Morgan fingerprint density at radius 2 is 2.09 bits per heavy atom.